The zero-order chi connectivity index (χ0) is 16.1. The number of nitrogens with zero attached hydrogens (tertiary/aromatic N) is 3. The van der Waals surface area contributed by atoms with Gasteiger partial charge in [-0.05, 0) is 48.4 Å². The van der Waals surface area contributed by atoms with Crippen molar-refractivity contribution in [3.8, 4) is 0 Å². The SMILES string of the molecule is CCNC(=NCc1ccsc1)NCc1cn2c(C)cccc2n1. The highest BCUT2D eigenvalue weighted by atomic mass is 32.1. The lowest BCUT2D eigenvalue weighted by molar-refractivity contribution is 0.804. The van der Waals surface area contributed by atoms with Crippen molar-refractivity contribution in [2.75, 3.05) is 6.54 Å². The Morgan fingerprint density at radius 1 is 1.30 bits per heavy atom. The number of pyridine rings is 1. The maximum atomic E-state index is 4.64. The van der Waals surface area contributed by atoms with E-state index in [9.17, 15) is 0 Å². The smallest absolute Gasteiger partial charge is 0.191 e. The maximum absolute atomic E-state index is 4.64. The third kappa shape index (κ3) is 3.90. The van der Waals surface area contributed by atoms with Crippen molar-refractivity contribution in [1.82, 2.24) is 20.0 Å². The van der Waals surface area contributed by atoms with Crippen LogP contribution in [0.15, 0.2) is 46.2 Å². The van der Waals surface area contributed by atoms with Crippen LogP contribution in [0.2, 0.25) is 0 Å². The fraction of sp³-hybridized carbons (Fsp3) is 0.294. The first-order chi connectivity index (χ1) is 11.3. The molecule has 0 aliphatic rings. The molecule has 0 radical (unpaired) electrons. The molecule has 23 heavy (non-hydrogen) atoms. The van der Waals surface area contributed by atoms with Crippen LogP contribution < -0.4 is 10.6 Å². The molecule has 0 aliphatic heterocycles. The van der Waals surface area contributed by atoms with Crippen molar-refractivity contribution in [3.05, 3.63) is 58.2 Å². The van der Waals surface area contributed by atoms with Gasteiger partial charge in [0.1, 0.15) is 5.65 Å². The number of hydrogen-bond acceptors (Lipinski definition) is 3. The van der Waals surface area contributed by atoms with Gasteiger partial charge in [-0.2, -0.15) is 11.3 Å². The monoisotopic (exact) mass is 327 g/mol. The minimum Gasteiger partial charge on any atom is -0.357 e. The normalized spacial score (nSPS) is 11.8. The zero-order valence-electron chi connectivity index (χ0n) is 13.4. The summed E-state index contributed by atoms with van der Waals surface area (Å²) in [5.41, 5.74) is 4.39. The number of aryl methyl sites for hydroxylation is 1. The molecular weight excluding hydrogens is 306 g/mol. The van der Waals surface area contributed by atoms with Gasteiger partial charge in [0.05, 0.1) is 18.8 Å². The first-order valence-corrected chi connectivity index (χ1v) is 8.67. The summed E-state index contributed by atoms with van der Waals surface area (Å²) >= 11 is 1.70. The molecule has 0 unspecified atom stereocenters. The van der Waals surface area contributed by atoms with Crippen molar-refractivity contribution >= 4 is 22.9 Å². The second kappa shape index (κ2) is 7.28. The van der Waals surface area contributed by atoms with Gasteiger partial charge in [0.15, 0.2) is 5.96 Å². The predicted octanol–water partition coefficient (Wildman–Crippen LogP) is 2.96. The number of aromatic nitrogens is 2. The Morgan fingerprint density at radius 2 is 2.22 bits per heavy atom. The minimum absolute atomic E-state index is 0.649. The highest BCUT2D eigenvalue weighted by Gasteiger charge is 2.04. The molecule has 0 bridgehead atoms. The van der Waals surface area contributed by atoms with Crippen LogP contribution in [0.3, 0.4) is 0 Å². The number of hydrogen-bond donors (Lipinski definition) is 2. The maximum Gasteiger partial charge on any atom is 0.191 e. The van der Waals surface area contributed by atoms with Crippen LogP contribution >= 0.6 is 11.3 Å². The molecule has 0 amide bonds. The molecule has 3 aromatic rings. The van der Waals surface area contributed by atoms with Crippen molar-refractivity contribution < 1.29 is 0 Å². The van der Waals surface area contributed by atoms with Crippen LogP contribution in [0.25, 0.3) is 5.65 Å². The second-order valence-electron chi connectivity index (χ2n) is 5.31. The van der Waals surface area contributed by atoms with E-state index < -0.39 is 0 Å². The van der Waals surface area contributed by atoms with Crippen LogP contribution in [-0.4, -0.2) is 21.9 Å². The fourth-order valence-corrected chi connectivity index (χ4v) is 3.01. The summed E-state index contributed by atoms with van der Waals surface area (Å²) in [5, 5.41) is 10.8. The number of aliphatic imine (C=N–C) groups is 1. The van der Waals surface area contributed by atoms with Gasteiger partial charge in [-0.1, -0.05) is 6.07 Å². The number of thiophene rings is 1. The van der Waals surface area contributed by atoms with Gasteiger partial charge in [0.25, 0.3) is 0 Å². The van der Waals surface area contributed by atoms with Crippen molar-refractivity contribution in [3.63, 3.8) is 0 Å². The van der Waals surface area contributed by atoms with Crippen molar-refractivity contribution in [1.29, 1.82) is 0 Å². The Morgan fingerprint density at radius 3 is 2.96 bits per heavy atom. The average molecular weight is 327 g/mol. The van der Waals surface area contributed by atoms with Gasteiger partial charge < -0.3 is 15.0 Å². The molecule has 3 rings (SSSR count). The fourth-order valence-electron chi connectivity index (χ4n) is 2.35. The number of nitrogens with one attached hydrogen (secondary N) is 2. The Balaban J connectivity index is 1.67. The minimum atomic E-state index is 0.649. The average Bonchev–Trinajstić information content (AvgIpc) is 3.20. The number of guanidine groups is 1. The predicted molar refractivity (Wildman–Crippen MR) is 95.9 cm³/mol. The van der Waals surface area contributed by atoms with E-state index in [2.05, 4.69) is 67.9 Å². The third-order valence-electron chi connectivity index (χ3n) is 3.53. The summed E-state index contributed by atoms with van der Waals surface area (Å²) in [6.45, 7) is 6.31. The molecular formula is C17H21N5S. The largest absolute Gasteiger partial charge is 0.357 e. The highest BCUT2D eigenvalue weighted by molar-refractivity contribution is 7.07. The van der Waals surface area contributed by atoms with Gasteiger partial charge in [-0.25, -0.2) is 9.98 Å². The quantitative estimate of drug-likeness (QED) is 0.559. The van der Waals surface area contributed by atoms with E-state index in [0.717, 1.165) is 23.8 Å². The lowest BCUT2D eigenvalue weighted by atomic mass is 10.3. The summed E-state index contributed by atoms with van der Waals surface area (Å²) in [5.74, 6) is 0.812. The molecule has 0 saturated heterocycles. The molecule has 3 aromatic heterocycles. The topological polar surface area (TPSA) is 53.7 Å². The third-order valence-corrected chi connectivity index (χ3v) is 4.26. The van der Waals surface area contributed by atoms with Crippen molar-refractivity contribution in [2.24, 2.45) is 4.99 Å². The van der Waals surface area contributed by atoms with Crippen LogP contribution in [0.1, 0.15) is 23.9 Å². The lowest BCUT2D eigenvalue weighted by Crippen LogP contribution is -2.36. The number of fused-ring (bicyclic) bond motifs is 1. The summed E-state index contributed by atoms with van der Waals surface area (Å²) in [4.78, 5) is 9.24. The standard InChI is InChI=1S/C17H21N5S/c1-3-18-17(19-9-14-7-8-23-12-14)20-10-15-11-22-13(2)5-4-6-16(22)21-15/h4-8,11-12H,3,9-10H2,1-2H3,(H2,18,19,20). The molecule has 5 nitrogen and oxygen atoms in total. The molecule has 0 spiro atoms. The number of imidazole rings is 1. The molecule has 0 saturated carbocycles. The van der Waals surface area contributed by atoms with Gasteiger partial charge in [-0.3, -0.25) is 0 Å². The van der Waals surface area contributed by atoms with E-state index in [-0.39, 0.29) is 0 Å². The molecule has 6 heteroatoms. The van der Waals surface area contributed by atoms with Gasteiger partial charge in [-0.15, -0.1) is 0 Å². The Kier molecular flexibility index (Phi) is 4.92. The van der Waals surface area contributed by atoms with Crippen LogP contribution in [-0.2, 0) is 13.1 Å². The van der Waals surface area contributed by atoms with Crippen LogP contribution in [0.4, 0.5) is 0 Å². The highest BCUT2D eigenvalue weighted by Crippen LogP contribution is 2.09. The molecule has 120 valence electrons. The molecule has 3 heterocycles. The van der Waals surface area contributed by atoms with E-state index in [1.165, 1.54) is 11.3 Å². The summed E-state index contributed by atoms with van der Waals surface area (Å²) in [6.07, 6.45) is 2.07. The van der Waals surface area contributed by atoms with E-state index in [0.29, 0.717) is 13.1 Å². The Bertz CT molecular complexity index is 789. The Labute approximate surface area is 140 Å². The summed E-state index contributed by atoms with van der Waals surface area (Å²) in [7, 11) is 0. The lowest BCUT2D eigenvalue weighted by Gasteiger charge is -2.09. The van der Waals surface area contributed by atoms with Gasteiger partial charge in [0.2, 0.25) is 0 Å². The number of rotatable bonds is 5. The first-order valence-electron chi connectivity index (χ1n) is 7.73. The molecule has 0 aromatic carbocycles. The van der Waals surface area contributed by atoms with Crippen molar-refractivity contribution in [2.45, 2.75) is 26.9 Å². The molecule has 0 fully saturated rings. The second-order valence-corrected chi connectivity index (χ2v) is 6.09. The first kappa shape index (κ1) is 15.6. The van der Waals surface area contributed by atoms with E-state index in [1.54, 1.807) is 11.3 Å². The zero-order valence-corrected chi connectivity index (χ0v) is 14.2. The van der Waals surface area contributed by atoms with E-state index in [1.807, 2.05) is 12.1 Å². The van der Waals surface area contributed by atoms with E-state index >= 15 is 0 Å². The van der Waals surface area contributed by atoms with Crippen LogP contribution in [0, 0.1) is 6.92 Å². The Hall–Kier alpha value is -2.34. The van der Waals surface area contributed by atoms with E-state index in [4.69, 9.17) is 0 Å². The van der Waals surface area contributed by atoms with Gasteiger partial charge in [0, 0.05) is 18.4 Å². The summed E-state index contributed by atoms with van der Waals surface area (Å²) in [6, 6.07) is 8.23. The summed E-state index contributed by atoms with van der Waals surface area (Å²) < 4.78 is 2.10. The molecule has 0 aliphatic carbocycles. The molecule has 2 N–H and O–H groups in total. The van der Waals surface area contributed by atoms with Gasteiger partial charge >= 0.3 is 0 Å². The molecule has 0 atom stereocenters. The van der Waals surface area contributed by atoms with Crippen LogP contribution in [0.5, 0.6) is 0 Å².